The molecule has 1 fully saturated rings. The number of hydrogen-bond acceptors (Lipinski definition) is 6. The lowest BCUT2D eigenvalue weighted by Gasteiger charge is -2.28. The van der Waals surface area contributed by atoms with Crippen molar-refractivity contribution in [3.63, 3.8) is 0 Å². The first-order chi connectivity index (χ1) is 17.8. The Hall–Kier alpha value is -3.50. The molecule has 1 heterocycles. The van der Waals surface area contributed by atoms with Gasteiger partial charge in [-0.15, -0.1) is 0 Å². The molecule has 2 aliphatic rings. The lowest BCUT2D eigenvalue weighted by molar-refractivity contribution is -0.160. The molecule has 0 radical (unpaired) electrons. The normalized spacial score (nSPS) is 17.9. The Kier molecular flexibility index (Phi) is 7.49. The Morgan fingerprint density at radius 3 is 2.39 bits per heavy atom. The average Bonchev–Trinajstić information content (AvgIpc) is 3.54. The number of carbonyl (C=O) groups excluding carboxylic acids is 2. The molecule has 13 heteroatoms. The molecule has 38 heavy (non-hydrogen) atoms. The number of nitrogens with zero attached hydrogens (tertiary/aromatic N) is 2. The lowest BCUT2D eigenvalue weighted by Crippen LogP contribution is -2.54. The molecular weight excluding hydrogens is 528 g/mol. The second-order valence-corrected chi connectivity index (χ2v) is 11.6. The number of rotatable bonds is 10. The fraction of sp³-hybridized carbons (Fsp3) is 0.400. The molecule has 4 rings (SSSR count). The van der Waals surface area contributed by atoms with Gasteiger partial charge in [0, 0.05) is 12.2 Å². The zero-order valence-electron chi connectivity index (χ0n) is 20.0. The SMILES string of the molecule is N#CC1(NC(=O)C(CS(=O)(=O)CCN2C(=O)Cc3ccccc32)N[C@H](c2ccc(F)cc2)C(F)(F)F)CC1. The Morgan fingerprint density at radius 1 is 1.13 bits per heavy atom. The van der Waals surface area contributed by atoms with Gasteiger partial charge in [0.25, 0.3) is 0 Å². The number of sulfone groups is 1. The summed E-state index contributed by atoms with van der Waals surface area (Å²) in [5.41, 5.74) is -0.392. The van der Waals surface area contributed by atoms with Crippen LogP contribution in [0, 0.1) is 17.1 Å². The molecule has 0 saturated heterocycles. The van der Waals surface area contributed by atoms with E-state index < -0.39 is 62.4 Å². The molecule has 2 N–H and O–H groups in total. The van der Waals surface area contributed by atoms with E-state index in [-0.39, 0.29) is 31.7 Å². The van der Waals surface area contributed by atoms with Crippen LogP contribution in [0.5, 0.6) is 0 Å². The number of amides is 2. The van der Waals surface area contributed by atoms with Crippen LogP contribution in [-0.2, 0) is 25.8 Å². The van der Waals surface area contributed by atoms with Gasteiger partial charge < -0.3 is 10.2 Å². The third-order valence-corrected chi connectivity index (χ3v) is 8.16. The van der Waals surface area contributed by atoms with Crippen LogP contribution in [0.4, 0.5) is 23.2 Å². The summed E-state index contributed by atoms with van der Waals surface area (Å²) >= 11 is 0. The monoisotopic (exact) mass is 552 g/mol. The molecule has 2 aromatic carbocycles. The van der Waals surface area contributed by atoms with Crippen molar-refractivity contribution in [1.82, 2.24) is 10.6 Å². The van der Waals surface area contributed by atoms with Gasteiger partial charge >= 0.3 is 6.18 Å². The maximum Gasteiger partial charge on any atom is 0.407 e. The van der Waals surface area contributed by atoms with Crippen molar-refractivity contribution >= 4 is 27.3 Å². The summed E-state index contributed by atoms with van der Waals surface area (Å²) < 4.78 is 81.3. The molecule has 202 valence electrons. The molecule has 2 aromatic rings. The highest BCUT2D eigenvalue weighted by atomic mass is 32.2. The molecule has 1 aliphatic heterocycles. The fourth-order valence-electron chi connectivity index (χ4n) is 4.28. The molecule has 0 spiro atoms. The van der Waals surface area contributed by atoms with Crippen molar-refractivity contribution in [2.45, 2.75) is 43.1 Å². The topological polar surface area (TPSA) is 119 Å². The van der Waals surface area contributed by atoms with E-state index in [4.69, 9.17) is 0 Å². The van der Waals surface area contributed by atoms with Crippen LogP contribution in [0.15, 0.2) is 48.5 Å². The van der Waals surface area contributed by atoms with Crippen LogP contribution in [0.3, 0.4) is 0 Å². The number of nitriles is 1. The van der Waals surface area contributed by atoms with E-state index >= 15 is 0 Å². The number of hydrogen-bond donors (Lipinski definition) is 2. The van der Waals surface area contributed by atoms with Gasteiger partial charge in [0.05, 0.1) is 24.0 Å². The molecule has 0 bridgehead atoms. The summed E-state index contributed by atoms with van der Waals surface area (Å²) in [5.74, 6) is -3.78. The summed E-state index contributed by atoms with van der Waals surface area (Å²) in [5, 5.41) is 13.7. The second-order valence-electron chi connectivity index (χ2n) is 9.39. The van der Waals surface area contributed by atoms with Crippen LogP contribution in [0.25, 0.3) is 0 Å². The molecule has 0 aromatic heterocycles. The van der Waals surface area contributed by atoms with Crippen molar-refractivity contribution in [2.24, 2.45) is 0 Å². The van der Waals surface area contributed by atoms with Gasteiger partial charge in [-0.05, 0) is 42.2 Å². The summed E-state index contributed by atoms with van der Waals surface area (Å²) in [7, 11) is -4.19. The van der Waals surface area contributed by atoms with Crippen LogP contribution < -0.4 is 15.5 Å². The number of nitrogens with one attached hydrogen (secondary N) is 2. The fourth-order valence-corrected chi connectivity index (χ4v) is 5.66. The number of para-hydroxylation sites is 1. The minimum atomic E-state index is -4.96. The first-order valence-corrected chi connectivity index (χ1v) is 13.5. The number of benzene rings is 2. The van der Waals surface area contributed by atoms with Crippen LogP contribution in [0.1, 0.15) is 30.0 Å². The maximum atomic E-state index is 14.0. The van der Waals surface area contributed by atoms with E-state index in [9.17, 15) is 40.8 Å². The first-order valence-electron chi connectivity index (χ1n) is 11.7. The van der Waals surface area contributed by atoms with Crippen molar-refractivity contribution < 1.29 is 35.6 Å². The largest absolute Gasteiger partial charge is 0.407 e. The zero-order chi connectivity index (χ0) is 27.7. The van der Waals surface area contributed by atoms with E-state index in [1.165, 1.54) is 4.90 Å². The minimum Gasteiger partial charge on any atom is -0.336 e. The molecule has 1 aliphatic carbocycles. The zero-order valence-corrected chi connectivity index (χ0v) is 20.8. The molecule has 2 atom stereocenters. The summed E-state index contributed by atoms with van der Waals surface area (Å²) in [6.07, 6.45) is -4.29. The Labute approximate surface area is 216 Å². The lowest BCUT2D eigenvalue weighted by atomic mass is 10.0. The Bertz CT molecular complexity index is 1370. The van der Waals surface area contributed by atoms with E-state index in [1.54, 1.807) is 24.3 Å². The van der Waals surface area contributed by atoms with Gasteiger partial charge in [-0.25, -0.2) is 12.8 Å². The first kappa shape index (κ1) is 27.5. The van der Waals surface area contributed by atoms with E-state index in [0.717, 1.165) is 29.8 Å². The van der Waals surface area contributed by atoms with Gasteiger partial charge in [-0.2, -0.15) is 18.4 Å². The number of carbonyl (C=O) groups is 2. The molecular formula is C25H24F4N4O4S. The highest BCUT2D eigenvalue weighted by Gasteiger charge is 2.48. The van der Waals surface area contributed by atoms with Gasteiger partial charge in [-0.1, -0.05) is 30.3 Å². The highest BCUT2D eigenvalue weighted by molar-refractivity contribution is 7.91. The van der Waals surface area contributed by atoms with Gasteiger partial charge in [0.1, 0.15) is 23.4 Å². The second kappa shape index (κ2) is 10.3. The van der Waals surface area contributed by atoms with Gasteiger partial charge in [0.15, 0.2) is 9.84 Å². The molecule has 2 amide bonds. The molecule has 8 nitrogen and oxygen atoms in total. The number of halogens is 4. The van der Waals surface area contributed by atoms with Crippen LogP contribution in [-0.4, -0.2) is 56.0 Å². The van der Waals surface area contributed by atoms with Crippen molar-refractivity contribution in [3.05, 3.63) is 65.5 Å². The predicted octanol–water partition coefficient (Wildman–Crippen LogP) is 2.56. The Balaban J connectivity index is 1.55. The summed E-state index contributed by atoms with van der Waals surface area (Å²) in [4.78, 5) is 26.7. The van der Waals surface area contributed by atoms with Gasteiger partial charge in [-0.3, -0.25) is 14.9 Å². The van der Waals surface area contributed by atoms with Crippen LogP contribution in [0.2, 0.25) is 0 Å². The van der Waals surface area contributed by atoms with E-state index in [2.05, 4.69) is 10.6 Å². The predicted molar refractivity (Wildman–Crippen MR) is 129 cm³/mol. The minimum absolute atomic E-state index is 0.101. The number of fused-ring (bicyclic) bond motifs is 1. The van der Waals surface area contributed by atoms with Crippen molar-refractivity contribution in [2.75, 3.05) is 23.0 Å². The Morgan fingerprint density at radius 2 is 1.79 bits per heavy atom. The number of anilines is 1. The third-order valence-electron chi connectivity index (χ3n) is 6.51. The highest BCUT2D eigenvalue weighted by Crippen LogP contribution is 2.36. The third kappa shape index (κ3) is 6.31. The van der Waals surface area contributed by atoms with E-state index in [1.807, 2.05) is 6.07 Å². The van der Waals surface area contributed by atoms with Crippen LogP contribution >= 0.6 is 0 Å². The average molecular weight is 553 g/mol. The standard InChI is InChI=1S/C25H24F4N4O4S/c26-18-7-5-16(6-8-18)22(25(27,28)29)31-19(23(35)32-24(15-30)9-10-24)14-38(36,37)12-11-33-20-4-2-1-3-17(20)13-21(33)34/h1-8,19,22,31H,9-14H2,(H,32,35)/t19?,22-/m1/s1. The van der Waals surface area contributed by atoms with E-state index in [0.29, 0.717) is 5.69 Å². The smallest absolute Gasteiger partial charge is 0.336 e. The quantitative estimate of drug-likeness (QED) is 0.438. The van der Waals surface area contributed by atoms with Gasteiger partial charge in [0.2, 0.25) is 11.8 Å². The van der Waals surface area contributed by atoms with Crippen molar-refractivity contribution in [3.8, 4) is 6.07 Å². The summed E-state index contributed by atoms with van der Waals surface area (Å²) in [6, 6.07) is 7.76. The summed E-state index contributed by atoms with van der Waals surface area (Å²) in [6.45, 7) is -0.241. The number of alkyl halides is 3. The van der Waals surface area contributed by atoms with Crippen molar-refractivity contribution in [1.29, 1.82) is 5.26 Å². The maximum absolute atomic E-state index is 14.0. The molecule has 1 saturated carbocycles. The molecule has 1 unspecified atom stereocenters.